The predicted molar refractivity (Wildman–Crippen MR) is 148 cm³/mol. The van der Waals surface area contributed by atoms with Crippen LogP contribution in [0.15, 0.2) is 66.7 Å². The minimum atomic E-state index is -1.23. The van der Waals surface area contributed by atoms with Crippen LogP contribution >= 0.6 is 0 Å². The van der Waals surface area contributed by atoms with Gasteiger partial charge in [0, 0.05) is 11.6 Å². The van der Waals surface area contributed by atoms with Gasteiger partial charge in [0.2, 0.25) is 0 Å². The van der Waals surface area contributed by atoms with Crippen molar-refractivity contribution in [2.75, 3.05) is 19.1 Å². The molecule has 0 saturated heterocycles. The fourth-order valence-electron chi connectivity index (χ4n) is 5.67. The molecule has 194 valence electrons. The van der Waals surface area contributed by atoms with Gasteiger partial charge >= 0.3 is 0 Å². The summed E-state index contributed by atoms with van der Waals surface area (Å²) in [6.45, 7) is 7.35. The van der Waals surface area contributed by atoms with Gasteiger partial charge in [0.15, 0.2) is 11.5 Å². The third-order valence-corrected chi connectivity index (χ3v) is 7.55. The maximum absolute atomic E-state index is 15.0. The summed E-state index contributed by atoms with van der Waals surface area (Å²) in [6.07, 6.45) is 0. The van der Waals surface area contributed by atoms with E-state index >= 15 is 0 Å². The van der Waals surface area contributed by atoms with Crippen LogP contribution in [-0.2, 0) is 10.2 Å². The first-order valence-corrected chi connectivity index (χ1v) is 12.4. The number of carbonyl (C=O) groups is 1. The highest BCUT2D eigenvalue weighted by Gasteiger charge is 2.54. The van der Waals surface area contributed by atoms with Crippen LogP contribution in [0.5, 0.6) is 23.0 Å². The Morgan fingerprint density at radius 1 is 0.684 bits per heavy atom. The first-order chi connectivity index (χ1) is 18.1. The van der Waals surface area contributed by atoms with Gasteiger partial charge in [-0.05, 0) is 79.3 Å². The number of hydrogen-bond donors (Lipinski definition) is 2. The van der Waals surface area contributed by atoms with E-state index in [1.807, 2.05) is 82.3 Å². The molecule has 0 radical (unpaired) electrons. The summed E-state index contributed by atoms with van der Waals surface area (Å²) in [5, 5.41) is 21.2. The Morgan fingerprint density at radius 2 is 1.18 bits per heavy atom. The zero-order chi connectivity index (χ0) is 27.4. The molecular weight excluding hydrogens is 478 g/mol. The summed E-state index contributed by atoms with van der Waals surface area (Å²) in [5.74, 6) is 1.33. The molecule has 5 rings (SSSR count). The molecule has 1 amide bonds. The second-order valence-corrected chi connectivity index (χ2v) is 9.86. The van der Waals surface area contributed by atoms with Crippen LogP contribution in [0.25, 0.3) is 0 Å². The second-order valence-electron chi connectivity index (χ2n) is 9.86. The van der Waals surface area contributed by atoms with Crippen molar-refractivity contribution >= 4 is 17.3 Å². The Hall–Kier alpha value is -4.45. The summed E-state index contributed by atoms with van der Waals surface area (Å²) < 4.78 is 11.0. The molecule has 0 bridgehead atoms. The van der Waals surface area contributed by atoms with E-state index in [1.54, 1.807) is 31.3 Å². The van der Waals surface area contributed by atoms with Crippen molar-refractivity contribution in [1.29, 1.82) is 0 Å². The molecule has 0 aromatic heterocycles. The van der Waals surface area contributed by atoms with Crippen molar-refractivity contribution in [3.05, 3.63) is 106 Å². The number of fused-ring (bicyclic) bond motifs is 1. The monoisotopic (exact) mass is 509 g/mol. The quantitative estimate of drug-likeness (QED) is 0.327. The first kappa shape index (κ1) is 25.2. The second kappa shape index (κ2) is 9.14. The number of amides is 1. The number of anilines is 2. The molecule has 2 N–H and O–H groups in total. The molecule has 6 heteroatoms. The lowest BCUT2D eigenvalue weighted by Crippen LogP contribution is -2.40. The van der Waals surface area contributed by atoms with Gasteiger partial charge < -0.3 is 19.7 Å². The van der Waals surface area contributed by atoms with Gasteiger partial charge in [-0.15, -0.1) is 0 Å². The van der Waals surface area contributed by atoms with Crippen LogP contribution in [0, 0.1) is 27.7 Å². The summed E-state index contributed by atoms with van der Waals surface area (Å²) in [6, 6.07) is 20.7. The summed E-state index contributed by atoms with van der Waals surface area (Å²) in [5.41, 5.74) is 5.19. The van der Waals surface area contributed by atoms with Gasteiger partial charge in [0.05, 0.1) is 25.6 Å². The molecule has 0 unspecified atom stereocenters. The number of nitrogens with zero attached hydrogens (tertiary/aromatic N) is 1. The summed E-state index contributed by atoms with van der Waals surface area (Å²) >= 11 is 0. The van der Waals surface area contributed by atoms with Crippen LogP contribution in [0.2, 0.25) is 0 Å². The SMILES string of the molecule is COc1ccc(N2C(=O)C(c3cc(C)c(O)c(C)c3)(c3cc(C)c(O)c(C)c3)c3ccccc32)cc1OC. The zero-order valence-electron chi connectivity index (χ0n) is 22.4. The number of methoxy groups -OCH3 is 2. The Labute approximate surface area is 222 Å². The predicted octanol–water partition coefficient (Wildman–Crippen LogP) is 6.36. The third kappa shape index (κ3) is 3.51. The van der Waals surface area contributed by atoms with Crippen LogP contribution < -0.4 is 14.4 Å². The lowest BCUT2D eigenvalue weighted by Gasteiger charge is -2.32. The van der Waals surface area contributed by atoms with Crippen molar-refractivity contribution in [2.24, 2.45) is 0 Å². The van der Waals surface area contributed by atoms with Gasteiger partial charge in [0.25, 0.3) is 5.91 Å². The molecule has 0 spiro atoms. The van der Waals surface area contributed by atoms with E-state index in [9.17, 15) is 15.0 Å². The van der Waals surface area contributed by atoms with Crippen molar-refractivity contribution in [3.8, 4) is 23.0 Å². The van der Waals surface area contributed by atoms with Gasteiger partial charge in [0.1, 0.15) is 16.9 Å². The summed E-state index contributed by atoms with van der Waals surface area (Å²) in [4.78, 5) is 16.7. The number of carbonyl (C=O) groups excluding carboxylic acids is 1. The Bertz CT molecular complexity index is 1490. The molecule has 0 fully saturated rings. The average molecular weight is 510 g/mol. The van der Waals surface area contributed by atoms with E-state index < -0.39 is 5.41 Å². The number of ether oxygens (including phenoxy) is 2. The summed E-state index contributed by atoms with van der Waals surface area (Å²) in [7, 11) is 3.14. The van der Waals surface area contributed by atoms with E-state index in [1.165, 1.54) is 0 Å². The highest BCUT2D eigenvalue weighted by molar-refractivity contribution is 6.17. The Balaban J connectivity index is 1.88. The maximum Gasteiger partial charge on any atom is 0.251 e. The number of aromatic hydroxyl groups is 2. The molecule has 38 heavy (non-hydrogen) atoms. The Kier molecular flexibility index (Phi) is 6.06. The molecule has 6 nitrogen and oxygen atoms in total. The fraction of sp³-hybridized carbons (Fsp3) is 0.219. The van der Waals surface area contributed by atoms with E-state index in [-0.39, 0.29) is 17.4 Å². The molecule has 0 aliphatic carbocycles. The normalized spacial score (nSPS) is 13.9. The van der Waals surface area contributed by atoms with Crippen LogP contribution in [0.1, 0.15) is 38.9 Å². The van der Waals surface area contributed by atoms with Crippen molar-refractivity contribution in [1.82, 2.24) is 0 Å². The van der Waals surface area contributed by atoms with Crippen molar-refractivity contribution in [2.45, 2.75) is 33.1 Å². The number of hydrogen-bond acceptors (Lipinski definition) is 5. The highest BCUT2D eigenvalue weighted by Crippen LogP contribution is 2.54. The number of aryl methyl sites for hydroxylation is 4. The molecule has 1 aliphatic rings. The van der Waals surface area contributed by atoms with Gasteiger partial charge in [-0.3, -0.25) is 9.69 Å². The standard InChI is InChI=1S/C32H31NO5/c1-18-13-22(14-19(2)29(18)34)32(23-15-20(3)30(35)21(4)16-23)25-9-7-8-10-26(25)33(31(32)36)24-11-12-27(37-5)28(17-24)38-6/h7-17,34-35H,1-6H3. The lowest BCUT2D eigenvalue weighted by atomic mass is 9.69. The van der Waals surface area contributed by atoms with Gasteiger partial charge in [-0.2, -0.15) is 0 Å². The van der Waals surface area contributed by atoms with E-state index in [0.29, 0.717) is 39.4 Å². The van der Waals surface area contributed by atoms with Crippen molar-refractivity contribution < 1.29 is 24.5 Å². The van der Waals surface area contributed by atoms with E-state index in [2.05, 4.69) is 0 Å². The highest BCUT2D eigenvalue weighted by atomic mass is 16.5. The maximum atomic E-state index is 15.0. The van der Waals surface area contributed by atoms with Crippen LogP contribution in [-0.4, -0.2) is 30.3 Å². The number of phenolic OH excluding ortho intramolecular Hbond substituents is 2. The van der Waals surface area contributed by atoms with Gasteiger partial charge in [-0.1, -0.05) is 42.5 Å². The molecule has 1 heterocycles. The number of phenols is 2. The molecule has 0 atom stereocenters. The number of para-hydroxylation sites is 1. The minimum Gasteiger partial charge on any atom is -0.507 e. The zero-order valence-corrected chi connectivity index (χ0v) is 22.4. The van der Waals surface area contributed by atoms with Crippen LogP contribution in [0.3, 0.4) is 0 Å². The topological polar surface area (TPSA) is 79.2 Å². The molecule has 4 aromatic carbocycles. The number of rotatable bonds is 5. The first-order valence-electron chi connectivity index (χ1n) is 12.4. The third-order valence-electron chi connectivity index (χ3n) is 7.55. The number of benzene rings is 4. The fourth-order valence-corrected chi connectivity index (χ4v) is 5.67. The van der Waals surface area contributed by atoms with E-state index in [0.717, 1.165) is 22.4 Å². The molecule has 1 aliphatic heterocycles. The minimum absolute atomic E-state index is 0.167. The Morgan fingerprint density at radius 3 is 1.68 bits per heavy atom. The molecule has 4 aromatic rings. The van der Waals surface area contributed by atoms with E-state index in [4.69, 9.17) is 9.47 Å². The van der Waals surface area contributed by atoms with Crippen molar-refractivity contribution in [3.63, 3.8) is 0 Å². The smallest absolute Gasteiger partial charge is 0.251 e. The largest absolute Gasteiger partial charge is 0.507 e. The molecular formula is C32H31NO5. The molecule has 0 saturated carbocycles. The van der Waals surface area contributed by atoms with Crippen LogP contribution in [0.4, 0.5) is 11.4 Å². The van der Waals surface area contributed by atoms with Gasteiger partial charge in [-0.25, -0.2) is 0 Å². The average Bonchev–Trinajstić information content (AvgIpc) is 3.18. The lowest BCUT2D eigenvalue weighted by molar-refractivity contribution is -0.120.